The average molecular weight is 349 g/mol. The molecule has 138 valence electrons. The number of benzene rings is 1. The largest absolute Gasteiger partial charge is 0.355 e. The summed E-state index contributed by atoms with van der Waals surface area (Å²) in [6.07, 6.45) is 0.393. The van der Waals surface area contributed by atoms with Crippen LogP contribution in [0.15, 0.2) is 24.3 Å². The molecule has 6 heteroatoms. The van der Waals surface area contributed by atoms with E-state index in [1.165, 1.54) is 12.1 Å². The monoisotopic (exact) mass is 349 g/mol. The molecule has 0 aliphatic carbocycles. The van der Waals surface area contributed by atoms with E-state index in [1.807, 2.05) is 11.8 Å². The summed E-state index contributed by atoms with van der Waals surface area (Å²) >= 11 is 0. The summed E-state index contributed by atoms with van der Waals surface area (Å²) in [5.41, 5.74) is 0.914. The average Bonchev–Trinajstić information content (AvgIpc) is 2.70. The maximum atomic E-state index is 13.1. The van der Waals surface area contributed by atoms with Crippen molar-refractivity contribution in [1.29, 1.82) is 0 Å². The highest BCUT2D eigenvalue weighted by atomic mass is 19.1. The zero-order valence-electron chi connectivity index (χ0n) is 15.3. The molecule has 1 aliphatic rings. The number of nitrogens with zero attached hydrogens (tertiary/aromatic N) is 2. The molecular formula is C19H28FN3O2. The second-order valence-electron chi connectivity index (χ2n) is 6.90. The van der Waals surface area contributed by atoms with Gasteiger partial charge in [-0.05, 0) is 30.5 Å². The first kappa shape index (κ1) is 19.4. The number of hydrogen-bond acceptors (Lipinski definition) is 3. The minimum Gasteiger partial charge on any atom is -0.355 e. The second kappa shape index (κ2) is 8.94. The van der Waals surface area contributed by atoms with Gasteiger partial charge in [0.2, 0.25) is 11.8 Å². The fraction of sp³-hybridized carbons (Fsp3) is 0.579. The van der Waals surface area contributed by atoms with Crippen LogP contribution in [-0.4, -0.2) is 53.8 Å². The minimum absolute atomic E-state index is 0.00978. The maximum absolute atomic E-state index is 13.1. The Kier molecular flexibility index (Phi) is 6.93. The molecule has 1 aliphatic heterocycles. The van der Waals surface area contributed by atoms with E-state index >= 15 is 0 Å². The lowest BCUT2D eigenvalue weighted by molar-refractivity contribution is -0.134. The first-order valence-corrected chi connectivity index (χ1v) is 8.93. The molecule has 1 heterocycles. The first-order valence-electron chi connectivity index (χ1n) is 8.93. The molecule has 0 spiro atoms. The molecule has 1 aromatic carbocycles. The summed E-state index contributed by atoms with van der Waals surface area (Å²) in [6, 6.07) is 6.30. The van der Waals surface area contributed by atoms with Crippen molar-refractivity contribution in [2.45, 2.75) is 39.8 Å². The van der Waals surface area contributed by atoms with E-state index in [9.17, 15) is 14.0 Å². The molecular weight excluding hydrogens is 321 g/mol. The van der Waals surface area contributed by atoms with E-state index in [-0.39, 0.29) is 29.6 Å². The highest BCUT2D eigenvalue weighted by Gasteiger charge is 2.32. The van der Waals surface area contributed by atoms with Gasteiger partial charge in [0.15, 0.2) is 0 Å². The van der Waals surface area contributed by atoms with Crippen molar-refractivity contribution < 1.29 is 14.0 Å². The van der Waals surface area contributed by atoms with E-state index in [1.54, 1.807) is 12.1 Å². The van der Waals surface area contributed by atoms with Gasteiger partial charge in [-0.2, -0.15) is 0 Å². The highest BCUT2D eigenvalue weighted by Crippen LogP contribution is 2.21. The molecule has 1 atom stereocenters. The summed E-state index contributed by atoms with van der Waals surface area (Å²) in [6.45, 7) is 8.71. The molecule has 2 amide bonds. The fourth-order valence-corrected chi connectivity index (χ4v) is 3.20. The van der Waals surface area contributed by atoms with Gasteiger partial charge in [0.25, 0.3) is 0 Å². The Morgan fingerprint density at radius 1 is 1.32 bits per heavy atom. The van der Waals surface area contributed by atoms with Crippen molar-refractivity contribution in [2.24, 2.45) is 5.92 Å². The van der Waals surface area contributed by atoms with Gasteiger partial charge in [-0.25, -0.2) is 4.39 Å². The van der Waals surface area contributed by atoms with Crippen LogP contribution in [-0.2, 0) is 16.1 Å². The molecule has 1 N–H and O–H groups in total. The van der Waals surface area contributed by atoms with Gasteiger partial charge in [-0.15, -0.1) is 0 Å². The first-order chi connectivity index (χ1) is 11.9. The fourth-order valence-electron chi connectivity index (χ4n) is 3.20. The predicted molar refractivity (Wildman–Crippen MR) is 95.3 cm³/mol. The molecule has 5 nitrogen and oxygen atoms in total. The molecule has 1 aromatic rings. The molecule has 0 saturated carbocycles. The standard InChI is InChI=1S/C19H28FN3O2/c1-4-21-18(24)13-22-10-9-19(25)23(17(12-22)14(2)3)11-15-5-7-16(20)8-6-15/h5-8,14,17H,4,9-13H2,1-3H3,(H,21,24). The quantitative estimate of drug-likeness (QED) is 0.855. The maximum Gasteiger partial charge on any atom is 0.234 e. The van der Waals surface area contributed by atoms with Crippen LogP contribution in [0.4, 0.5) is 4.39 Å². The van der Waals surface area contributed by atoms with Gasteiger partial charge < -0.3 is 10.2 Å². The van der Waals surface area contributed by atoms with Crippen LogP contribution in [0.2, 0.25) is 0 Å². The normalized spacial score (nSPS) is 19.2. The van der Waals surface area contributed by atoms with Gasteiger partial charge in [-0.3, -0.25) is 14.5 Å². The third kappa shape index (κ3) is 5.53. The number of rotatable bonds is 6. The van der Waals surface area contributed by atoms with Crippen LogP contribution >= 0.6 is 0 Å². The minimum atomic E-state index is -0.278. The third-order valence-electron chi connectivity index (χ3n) is 4.58. The lowest BCUT2D eigenvalue weighted by Gasteiger charge is -2.34. The van der Waals surface area contributed by atoms with E-state index in [4.69, 9.17) is 0 Å². The number of carbonyl (C=O) groups excluding carboxylic acids is 2. The Labute approximate surface area is 149 Å². The Bertz CT molecular complexity index is 589. The van der Waals surface area contributed by atoms with Gasteiger partial charge in [-0.1, -0.05) is 26.0 Å². The van der Waals surface area contributed by atoms with Crippen molar-refractivity contribution in [2.75, 3.05) is 26.2 Å². The van der Waals surface area contributed by atoms with E-state index in [0.29, 0.717) is 39.1 Å². The van der Waals surface area contributed by atoms with E-state index < -0.39 is 0 Å². The third-order valence-corrected chi connectivity index (χ3v) is 4.58. The van der Waals surface area contributed by atoms with Crippen LogP contribution in [0.25, 0.3) is 0 Å². The van der Waals surface area contributed by atoms with Crippen molar-refractivity contribution in [1.82, 2.24) is 15.1 Å². The predicted octanol–water partition coefficient (Wildman–Crippen LogP) is 2.02. The molecule has 0 aromatic heterocycles. The van der Waals surface area contributed by atoms with Crippen LogP contribution in [0.5, 0.6) is 0 Å². The molecule has 1 fully saturated rings. The van der Waals surface area contributed by atoms with Crippen LogP contribution in [0.1, 0.15) is 32.8 Å². The number of likely N-dealkylation sites (N-methyl/N-ethyl adjacent to an activating group) is 1. The Morgan fingerprint density at radius 3 is 2.60 bits per heavy atom. The van der Waals surface area contributed by atoms with Crippen LogP contribution < -0.4 is 5.32 Å². The van der Waals surface area contributed by atoms with E-state index in [0.717, 1.165) is 5.56 Å². The topological polar surface area (TPSA) is 52.7 Å². The summed E-state index contributed by atoms with van der Waals surface area (Å²) in [5.74, 6) is 0.0598. The molecule has 0 bridgehead atoms. The van der Waals surface area contributed by atoms with Gasteiger partial charge in [0, 0.05) is 38.6 Å². The van der Waals surface area contributed by atoms with Crippen molar-refractivity contribution >= 4 is 11.8 Å². The Morgan fingerprint density at radius 2 is 2.00 bits per heavy atom. The highest BCUT2D eigenvalue weighted by molar-refractivity contribution is 5.79. The summed E-state index contributed by atoms with van der Waals surface area (Å²) in [5, 5.41) is 2.81. The van der Waals surface area contributed by atoms with E-state index in [2.05, 4.69) is 24.1 Å². The SMILES string of the molecule is CCNC(=O)CN1CCC(=O)N(Cc2ccc(F)cc2)C(C(C)C)C1. The molecule has 0 radical (unpaired) electrons. The zero-order chi connectivity index (χ0) is 18.4. The summed E-state index contributed by atoms with van der Waals surface area (Å²) in [4.78, 5) is 28.5. The van der Waals surface area contributed by atoms with Crippen molar-refractivity contribution in [3.63, 3.8) is 0 Å². The number of carbonyl (C=O) groups is 2. The Hall–Kier alpha value is -1.95. The molecule has 1 saturated heterocycles. The van der Waals surface area contributed by atoms with Crippen LogP contribution in [0.3, 0.4) is 0 Å². The van der Waals surface area contributed by atoms with Crippen LogP contribution in [0, 0.1) is 11.7 Å². The lowest BCUT2D eigenvalue weighted by Crippen LogP contribution is -2.47. The Balaban J connectivity index is 2.13. The number of halogens is 1. The van der Waals surface area contributed by atoms with Gasteiger partial charge in [0.1, 0.15) is 5.82 Å². The van der Waals surface area contributed by atoms with Gasteiger partial charge >= 0.3 is 0 Å². The number of hydrogen-bond donors (Lipinski definition) is 1. The van der Waals surface area contributed by atoms with Crippen molar-refractivity contribution in [3.8, 4) is 0 Å². The summed E-state index contributed by atoms with van der Waals surface area (Å²) < 4.78 is 13.1. The summed E-state index contributed by atoms with van der Waals surface area (Å²) in [7, 11) is 0. The zero-order valence-corrected chi connectivity index (χ0v) is 15.3. The number of nitrogens with one attached hydrogen (secondary N) is 1. The molecule has 1 unspecified atom stereocenters. The number of amides is 2. The smallest absolute Gasteiger partial charge is 0.234 e. The second-order valence-corrected chi connectivity index (χ2v) is 6.90. The lowest BCUT2D eigenvalue weighted by atomic mass is 10.0. The molecule has 2 rings (SSSR count). The van der Waals surface area contributed by atoms with Gasteiger partial charge in [0.05, 0.1) is 6.54 Å². The van der Waals surface area contributed by atoms with Crippen molar-refractivity contribution in [3.05, 3.63) is 35.6 Å². The molecule has 25 heavy (non-hydrogen) atoms.